The molecule has 1 unspecified atom stereocenters. The summed E-state index contributed by atoms with van der Waals surface area (Å²) in [6, 6.07) is 6.63. The third-order valence-corrected chi connectivity index (χ3v) is 3.02. The van der Waals surface area contributed by atoms with E-state index in [9.17, 15) is 15.2 Å². The fourth-order valence-corrected chi connectivity index (χ4v) is 2.11. The zero-order valence-electron chi connectivity index (χ0n) is 11.5. The van der Waals surface area contributed by atoms with Crippen molar-refractivity contribution in [3.05, 3.63) is 40.6 Å². The maximum absolute atomic E-state index is 11.0. The number of rotatable bonds is 6. The molecule has 2 aromatic rings. The molecule has 0 saturated carbocycles. The monoisotopic (exact) mass is 278 g/mol. The first-order chi connectivity index (χ1) is 9.49. The predicted octanol–water partition coefficient (Wildman–Crippen LogP) is 2.34. The van der Waals surface area contributed by atoms with Crippen molar-refractivity contribution in [2.75, 3.05) is 6.61 Å². The first-order valence-electron chi connectivity index (χ1n) is 6.51. The van der Waals surface area contributed by atoms with Crippen LogP contribution in [-0.4, -0.2) is 33.4 Å². The van der Waals surface area contributed by atoms with Gasteiger partial charge in [-0.2, -0.15) is 0 Å². The normalized spacial score (nSPS) is 13.0. The van der Waals surface area contributed by atoms with Gasteiger partial charge in [0.25, 0.3) is 5.69 Å². The van der Waals surface area contributed by atoms with Gasteiger partial charge in [-0.3, -0.25) is 10.1 Å². The molecule has 1 N–H and O–H groups in total. The van der Waals surface area contributed by atoms with Crippen LogP contribution in [0.3, 0.4) is 0 Å². The number of ether oxygens (including phenoxy) is 1. The molecule has 20 heavy (non-hydrogen) atoms. The van der Waals surface area contributed by atoms with Gasteiger partial charge < -0.3 is 14.4 Å². The number of nitro benzene ring substituents is 1. The van der Waals surface area contributed by atoms with Gasteiger partial charge in [-0.25, -0.2) is 0 Å². The van der Waals surface area contributed by atoms with Crippen molar-refractivity contribution in [3.8, 4) is 0 Å². The Labute approximate surface area is 116 Å². The van der Waals surface area contributed by atoms with Crippen LogP contribution in [0.25, 0.3) is 10.9 Å². The molecule has 1 heterocycles. The fourth-order valence-electron chi connectivity index (χ4n) is 2.11. The second-order valence-electron chi connectivity index (χ2n) is 4.97. The van der Waals surface area contributed by atoms with Gasteiger partial charge >= 0.3 is 0 Å². The molecule has 0 aliphatic heterocycles. The molecule has 2 rings (SSSR count). The Balaban J connectivity index is 2.19. The highest BCUT2D eigenvalue weighted by Gasteiger charge is 2.15. The van der Waals surface area contributed by atoms with Crippen LogP contribution in [0.4, 0.5) is 5.69 Å². The molecule has 1 atom stereocenters. The predicted molar refractivity (Wildman–Crippen MR) is 75.7 cm³/mol. The lowest BCUT2D eigenvalue weighted by Gasteiger charge is -2.14. The Bertz CT molecular complexity index is 606. The molecule has 6 nitrogen and oxygen atoms in total. The number of aliphatic hydroxyl groups is 1. The van der Waals surface area contributed by atoms with E-state index in [1.54, 1.807) is 29.0 Å². The van der Waals surface area contributed by atoms with E-state index in [-0.39, 0.29) is 18.4 Å². The maximum Gasteiger partial charge on any atom is 0.278 e. The minimum absolute atomic E-state index is 0.0622. The Morgan fingerprint density at radius 2 is 2.15 bits per heavy atom. The molecule has 0 amide bonds. The molecular weight excluding hydrogens is 260 g/mol. The average molecular weight is 278 g/mol. The van der Waals surface area contributed by atoms with Gasteiger partial charge in [-0.15, -0.1) is 0 Å². The van der Waals surface area contributed by atoms with E-state index < -0.39 is 11.0 Å². The molecule has 0 aliphatic carbocycles. The van der Waals surface area contributed by atoms with Gasteiger partial charge in [0, 0.05) is 12.3 Å². The number of hydrogen-bond donors (Lipinski definition) is 1. The van der Waals surface area contributed by atoms with Crippen LogP contribution in [0, 0.1) is 10.1 Å². The van der Waals surface area contributed by atoms with Crippen LogP contribution in [0.5, 0.6) is 0 Å². The largest absolute Gasteiger partial charge is 0.389 e. The van der Waals surface area contributed by atoms with Crippen LogP contribution < -0.4 is 0 Å². The topological polar surface area (TPSA) is 77.5 Å². The molecule has 0 aliphatic rings. The molecule has 0 bridgehead atoms. The first kappa shape index (κ1) is 14.5. The summed E-state index contributed by atoms with van der Waals surface area (Å²) in [5, 5.41) is 21.5. The smallest absolute Gasteiger partial charge is 0.278 e. The van der Waals surface area contributed by atoms with Crippen molar-refractivity contribution in [2.45, 2.75) is 32.6 Å². The minimum atomic E-state index is -0.646. The van der Waals surface area contributed by atoms with E-state index in [0.717, 1.165) is 5.52 Å². The number of aliphatic hydroxyl groups excluding tert-OH is 1. The van der Waals surface area contributed by atoms with E-state index in [1.807, 2.05) is 13.8 Å². The molecule has 1 aromatic carbocycles. The number of benzene rings is 1. The number of hydrogen-bond acceptors (Lipinski definition) is 4. The van der Waals surface area contributed by atoms with Gasteiger partial charge in [0.05, 0.1) is 41.2 Å². The van der Waals surface area contributed by atoms with Crippen molar-refractivity contribution in [2.24, 2.45) is 0 Å². The molecule has 6 heteroatoms. The summed E-state index contributed by atoms with van der Waals surface area (Å²) in [4.78, 5) is 10.6. The van der Waals surface area contributed by atoms with Gasteiger partial charge in [-0.1, -0.05) is 6.07 Å². The van der Waals surface area contributed by atoms with Crippen LogP contribution in [0.15, 0.2) is 30.5 Å². The highest BCUT2D eigenvalue weighted by atomic mass is 16.6. The van der Waals surface area contributed by atoms with Crippen molar-refractivity contribution < 1.29 is 14.8 Å². The Hall–Kier alpha value is -1.92. The summed E-state index contributed by atoms with van der Waals surface area (Å²) >= 11 is 0. The lowest BCUT2D eigenvalue weighted by atomic mass is 10.2. The summed E-state index contributed by atoms with van der Waals surface area (Å²) in [6.45, 7) is 4.39. The molecule has 1 aromatic heterocycles. The summed E-state index contributed by atoms with van der Waals surface area (Å²) in [5.41, 5.74) is 0.817. The molecule has 0 spiro atoms. The molecule has 0 fully saturated rings. The zero-order chi connectivity index (χ0) is 14.7. The zero-order valence-corrected chi connectivity index (χ0v) is 11.5. The van der Waals surface area contributed by atoms with Crippen molar-refractivity contribution in [1.82, 2.24) is 4.57 Å². The van der Waals surface area contributed by atoms with Gasteiger partial charge in [-0.05, 0) is 26.0 Å². The quantitative estimate of drug-likeness (QED) is 0.650. The third-order valence-electron chi connectivity index (χ3n) is 3.02. The third kappa shape index (κ3) is 3.15. The minimum Gasteiger partial charge on any atom is -0.389 e. The lowest BCUT2D eigenvalue weighted by molar-refractivity contribution is -0.383. The molecule has 108 valence electrons. The van der Waals surface area contributed by atoms with E-state index in [4.69, 9.17) is 4.74 Å². The molecular formula is C14H18N2O4. The van der Waals surface area contributed by atoms with Crippen LogP contribution >= 0.6 is 0 Å². The Morgan fingerprint density at radius 1 is 1.40 bits per heavy atom. The van der Waals surface area contributed by atoms with Crippen molar-refractivity contribution in [1.29, 1.82) is 0 Å². The van der Waals surface area contributed by atoms with E-state index in [1.165, 1.54) is 6.07 Å². The number of fused-ring (bicyclic) bond motifs is 1. The highest BCUT2D eigenvalue weighted by Crippen LogP contribution is 2.26. The summed E-state index contributed by atoms with van der Waals surface area (Å²) < 4.78 is 7.16. The molecule has 0 saturated heterocycles. The van der Waals surface area contributed by atoms with Gasteiger partial charge in [0.1, 0.15) is 0 Å². The summed E-state index contributed by atoms with van der Waals surface area (Å²) in [6.07, 6.45) is 1.16. The number of non-ortho nitro benzene ring substituents is 1. The second kappa shape index (κ2) is 6.02. The lowest BCUT2D eigenvalue weighted by Crippen LogP contribution is -2.23. The van der Waals surface area contributed by atoms with E-state index in [0.29, 0.717) is 11.9 Å². The fraction of sp³-hybridized carbons (Fsp3) is 0.429. The van der Waals surface area contributed by atoms with E-state index in [2.05, 4.69) is 0 Å². The van der Waals surface area contributed by atoms with Crippen LogP contribution in [0.2, 0.25) is 0 Å². The SMILES string of the molecule is CC(C)OCC(O)Cn1ccc2c([N+](=O)[O-])cccc21. The van der Waals surface area contributed by atoms with Gasteiger partial charge in [0.15, 0.2) is 0 Å². The number of nitro groups is 1. The van der Waals surface area contributed by atoms with Crippen LogP contribution in [0.1, 0.15) is 13.8 Å². The Kier molecular flexibility index (Phi) is 4.36. The standard InChI is InChI=1S/C14H18N2O4/c1-10(2)20-9-11(17)8-15-7-6-12-13(15)4-3-5-14(12)16(18)19/h3-7,10-11,17H,8-9H2,1-2H3. The Morgan fingerprint density at radius 3 is 2.80 bits per heavy atom. The van der Waals surface area contributed by atoms with Gasteiger partial charge in [0.2, 0.25) is 0 Å². The first-order valence-corrected chi connectivity index (χ1v) is 6.51. The maximum atomic E-state index is 11.0. The molecule has 0 radical (unpaired) electrons. The number of aromatic nitrogens is 1. The van der Waals surface area contributed by atoms with Crippen LogP contribution in [-0.2, 0) is 11.3 Å². The van der Waals surface area contributed by atoms with Crippen molar-refractivity contribution in [3.63, 3.8) is 0 Å². The average Bonchev–Trinajstić information content (AvgIpc) is 2.79. The summed E-state index contributed by atoms with van der Waals surface area (Å²) in [7, 11) is 0. The highest BCUT2D eigenvalue weighted by molar-refractivity contribution is 5.89. The number of nitrogens with zero attached hydrogens (tertiary/aromatic N) is 2. The van der Waals surface area contributed by atoms with E-state index >= 15 is 0 Å². The van der Waals surface area contributed by atoms with Crippen molar-refractivity contribution >= 4 is 16.6 Å². The second-order valence-corrected chi connectivity index (χ2v) is 4.97. The summed E-state index contributed by atoms with van der Waals surface area (Å²) in [5.74, 6) is 0.